The van der Waals surface area contributed by atoms with E-state index in [0.717, 1.165) is 24.9 Å². The van der Waals surface area contributed by atoms with Crippen molar-refractivity contribution in [2.45, 2.75) is 41.0 Å². The molecule has 0 aromatic heterocycles. The first-order valence-corrected chi connectivity index (χ1v) is 6.49. The highest BCUT2D eigenvalue weighted by Crippen LogP contribution is 1.99. The van der Waals surface area contributed by atoms with Crippen molar-refractivity contribution >= 4 is 0 Å². The minimum Gasteiger partial charge on any atom is -0.316 e. The van der Waals surface area contributed by atoms with E-state index in [1.165, 1.54) is 26.1 Å². The van der Waals surface area contributed by atoms with E-state index in [-0.39, 0.29) is 0 Å². The summed E-state index contributed by atoms with van der Waals surface area (Å²) in [6.07, 6.45) is 1.27. The van der Waals surface area contributed by atoms with Crippen LogP contribution in [0.5, 0.6) is 0 Å². The average molecular weight is 214 g/mol. The Kier molecular flexibility index (Phi) is 9.12. The quantitative estimate of drug-likeness (QED) is 0.594. The van der Waals surface area contributed by atoms with Gasteiger partial charge >= 0.3 is 0 Å². The van der Waals surface area contributed by atoms with Crippen LogP contribution in [0.3, 0.4) is 0 Å². The molecular weight excluding hydrogens is 184 g/mol. The summed E-state index contributed by atoms with van der Waals surface area (Å²) in [5.74, 6) is 1.55. The summed E-state index contributed by atoms with van der Waals surface area (Å²) < 4.78 is 0. The summed E-state index contributed by atoms with van der Waals surface area (Å²) in [5, 5.41) is 3.49. The Labute approximate surface area is 96.4 Å². The second kappa shape index (κ2) is 9.17. The van der Waals surface area contributed by atoms with Crippen molar-refractivity contribution in [2.75, 3.05) is 32.7 Å². The first kappa shape index (κ1) is 14.9. The predicted molar refractivity (Wildman–Crippen MR) is 69.3 cm³/mol. The fraction of sp³-hybridized carbons (Fsp3) is 1.00. The Balaban J connectivity index is 3.38. The highest BCUT2D eigenvalue weighted by Gasteiger charge is 2.04. The van der Waals surface area contributed by atoms with Crippen molar-refractivity contribution in [3.63, 3.8) is 0 Å². The van der Waals surface area contributed by atoms with Crippen LogP contribution in [0.25, 0.3) is 0 Å². The van der Waals surface area contributed by atoms with Gasteiger partial charge in [-0.15, -0.1) is 0 Å². The minimum absolute atomic E-state index is 0.767. The second-order valence-electron chi connectivity index (χ2n) is 5.24. The van der Waals surface area contributed by atoms with Crippen molar-refractivity contribution in [1.29, 1.82) is 0 Å². The monoisotopic (exact) mass is 214 g/mol. The smallest absolute Gasteiger partial charge is 0.000428 e. The number of hydrogen-bond donors (Lipinski definition) is 1. The summed E-state index contributed by atoms with van der Waals surface area (Å²) in [6, 6.07) is 0. The van der Waals surface area contributed by atoms with Gasteiger partial charge in [-0.3, -0.25) is 0 Å². The van der Waals surface area contributed by atoms with E-state index in [1.54, 1.807) is 0 Å². The summed E-state index contributed by atoms with van der Waals surface area (Å²) in [6.45, 7) is 17.3. The van der Waals surface area contributed by atoms with Crippen molar-refractivity contribution in [3.05, 3.63) is 0 Å². The van der Waals surface area contributed by atoms with Gasteiger partial charge in [-0.05, 0) is 44.4 Å². The van der Waals surface area contributed by atoms with E-state index >= 15 is 0 Å². The number of nitrogens with one attached hydrogen (secondary N) is 1. The van der Waals surface area contributed by atoms with Gasteiger partial charge in [-0.1, -0.05) is 34.6 Å². The van der Waals surface area contributed by atoms with Crippen LogP contribution in [0.4, 0.5) is 0 Å². The molecule has 0 rings (SSSR count). The maximum absolute atomic E-state index is 3.49. The molecule has 0 aromatic carbocycles. The third-order valence-corrected chi connectivity index (χ3v) is 2.45. The standard InChI is InChI=1S/C13H30N2/c1-6-15(11-13(4)5)9-7-8-14-10-12(2)3/h12-14H,6-11H2,1-5H3. The number of rotatable bonds is 9. The number of nitrogens with zero attached hydrogens (tertiary/aromatic N) is 1. The molecule has 0 fully saturated rings. The lowest BCUT2D eigenvalue weighted by Gasteiger charge is -2.22. The molecule has 0 aromatic rings. The van der Waals surface area contributed by atoms with E-state index in [9.17, 15) is 0 Å². The Morgan fingerprint density at radius 3 is 2.20 bits per heavy atom. The molecule has 92 valence electrons. The molecule has 0 aliphatic rings. The zero-order valence-corrected chi connectivity index (χ0v) is 11.3. The third-order valence-electron chi connectivity index (χ3n) is 2.45. The van der Waals surface area contributed by atoms with Gasteiger partial charge in [-0.25, -0.2) is 0 Å². The summed E-state index contributed by atoms with van der Waals surface area (Å²) >= 11 is 0. The van der Waals surface area contributed by atoms with Crippen LogP contribution in [-0.4, -0.2) is 37.6 Å². The highest BCUT2D eigenvalue weighted by atomic mass is 15.1. The molecule has 0 unspecified atom stereocenters. The highest BCUT2D eigenvalue weighted by molar-refractivity contribution is 4.60. The molecule has 0 saturated heterocycles. The topological polar surface area (TPSA) is 15.3 Å². The van der Waals surface area contributed by atoms with E-state index < -0.39 is 0 Å². The maximum Gasteiger partial charge on any atom is 0.000428 e. The molecule has 0 radical (unpaired) electrons. The fourth-order valence-corrected chi connectivity index (χ4v) is 1.71. The first-order chi connectivity index (χ1) is 7.06. The molecule has 0 saturated carbocycles. The van der Waals surface area contributed by atoms with Crippen LogP contribution in [-0.2, 0) is 0 Å². The minimum atomic E-state index is 0.767. The molecule has 0 atom stereocenters. The molecule has 0 spiro atoms. The largest absolute Gasteiger partial charge is 0.316 e. The molecule has 2 heteroatoms. The Morgan fingerprint density at radius 2 is 1.73 bits per heavy atom. The van der Waals surface area contributed by atoms with Crippen LogP contribution in [0.2, 0.25) is 0 Å². The molecule has 0 heterocycles. The van der Waals surface area contributed by atoms with Crippen molar-refractivity contribution in [3.8, 4) is 0 Å². The molecule has 0 aliphatic heterocycles. The summed E-state index contributed by atoms with van der Waals surface area (Å²) in [4.78, 5) is 2.54. The Bertz CT molecular complexity index is 132. The van der Waals surface area contributed by atoms with Gasteiger partial charge in [0, 0.05) is 6.54 Å². The Hall–Kier alpha value is -0.0800. The summed E-state index contributed by atoms with van der Waals surface area (Å²) in [5.41, 5.74) is 0. The van der Waals surface area contributed by atoms with E-state index in [1.807, 2.05) is 0 Å². The first-order valence-electron chi connectivity index (χ1n) is 6.49. The van der Waals surface area contributed by atoms with Gasteiger partial charge in [0.2, 0.25) is 0 Å². The molecule has 0 amide bonds. The average Bonchev–Trinajstić information content (AvgIpc) is 2.14. The van der Waals surface area contributed by atoms with Crippen LogP contribution in [0.15, 0.2) is 0 Å². The lowest BCUT2D eigenvalue weighted by molar-refractivity contribution is 0.252. The molecule has 2 nitrogen and oxygen atoms in total. The molecule has 1 N–H and O–H groups in total. The third kappa shape index (κ3) is 10.2. The zero-order chi connectivity index (χ0) is 11.7. The number of hydrogen-bond acceptors (Lipinski definition) is 2. The predicted octanol–water partition coefficient (Wildman–Crippen LogP) is 2.60. The van der Waals surface area contributed by atoms with Gasteiger partial charge in [0.1, 0.15) is 0 Å². The lowest BCUT2D eigenvalue weighted by Crippen LogP contribution is -2.31. The van der Waals surface area contributed by atoms with E-state index in [4.69, 9.17) is 0 Å². The van der Waals surface area contributed by atoms with Crippen LogP contribution in [0.1, 0.15) is 41.0 Å². The van der Waals surface area contributed by atoms with Crippen LogP contribution in [0, 0.1) is 11.8 Å². The molecule has 0 bridgehead atoms. The molecule has 0 aliphatic carbocycles. The van der Waals surface area contributed by atoms with Crippen molar-refractivity contribution < 1.29 is 0 Å². The van der Waals surface area contributed by atoms with Gasteiger partial charge in [0.05, 0.1) is 0 Å². The second-order valence-corrected chi connectivity index (χ2v) is 5.24. The van der Waals surface area contributed by atoms with Gasteiger partial charge in [0.25, 0.3) is 0 Å². The fourth-order valence-electron chi connectivity index (χ4n) is 1.71. The van der Waals surface area contributed by atoms with E-state index in [0.29, 0.717) is 0 Å². The maximum atomic E-state index is 3.49. The Morgan fingerprint density at radius 1 is 1.07 bits per heavy atom. The summed E-state index contributed by atoms with van der Waals surface area (Å²) in [7, 11) is 0. The zero-order valence-electron chi connectivity index (χ0n) is 11.3. The molecule has 15 heavy (non-hydrogen) atoms. The SMILES string of the molecule is CCN(CCCNCC(C)C)CC(C)C. The van der Waals surface area contributed by atoms with Crippen LogP contribution < -0.4 is 5.32 Å². The van der Waals surface area contributed by atoms with Gasteiger partial charge in [-0.2, -0.15) is 0 Å². The normalized spacial score (nSPS) is 12.0. The van der Waals surface area contributed by atoms with Crippen LogP contribution >= 0.6 is 0 Å². The van der Waals surface area contributed by atoms with Gasteiger partial charge in [0.15, 0.2) is 0 Å². The van der Waals surface area contributed by atoms with E-state index in [2.05, 4.69) is 44.8 Å². The van der Waals surface area contributed by atoms with Crippen molar-refractivity contribution in [1.82, 2.24) is 10.2 Å². The van der Waals surface area contributed by atoms with Gasteiger partial charge < -0.3 is 10.2 Å². The molecular formula is C13H30N2. The lowest BCUT2D eigenvalue weighted by atomic mass is 10.2. The van der Waals surface area contributed by atoms with Crippen molar-refractivity contribution in [2.24, 2.45) is 11.8 Å².